The monoisotopic (exact) mass is 285 g/mol. The topological polar surface area (TPSA) is 92.8 Å². The van der Waals surface area contributed by atoms with E-state index in [1.165, 1.54) is 39.8 Å². The number of halogens is 1. The number of benzene rings is 1. The Morgan fingerprint density at radius 3 is 2.35 bits per heavy atom. The van der Waals surface area contributed by atoms with Gasteiger partial charge in [0.15, 0.2) is 5.82 Å². The fraction of sp³-hybridized carbons (Fsp3) is 0.500. The first-order chi connectivity index (χ1) is 8.97. The number of nitro groups is 1. The Bertz CT molecular complexity index is 515. The first-order valence-electron chi connectivity index (χ1n) is 5.98. The van der Waals surface area contributed by atoms with Crippen LogP contribution in [0.3, 0.4) is 0 Å². The lowest BCUT2D eigenvalue weighted by atomic mass is 9.76. The molecule has 0 unspecified atom stereocenters. The third kappa shape index (κ3) is 3.33. The first-order valence-corrected chi connectivity index (χ1v) is 5.98. The van der Waals surface area contributed by atoms with Crippen LogP contribution < -0.4 is 5.46 Å². The van der Waals surface area contributed by atoms with Crippen LogP contribution in [0, 0.1) is 15.9 Å². The van der Waals surface area contributed by atoms with Crippen LogP contribution in [-0.4, -0.2) is 33.4 Å². The standard InChI is InChI=1S/C12H17BFNO5/c1-11(2,16)12(3,4)20-13(17)8-6-5-7-9(10(8)14)15(18)19/h5-7,16-17H,1-4H3. The van der Waals surface area contributed by atoms with E-state index in [1.54, 1.807) is 0 Å². The minimum absolute atomic E-state index is 0.350. The molecule has 0 amide bonds. The highest BCUT2D eigenvalue weighted by molar-refractivity contribution is 6.60. The van der Waals surface area contributed by atoms with Crippen LogP contribution in [0.2, 0.25) is 0 Å². The molecule has 0 saturated heterocycles. The van der Waals surface area contributed by atoms with Gasteiger partial charge in [0, 0.05) is 11.5 Å². The van der Waals surface area contributed by atoms with E-state index in [0.29, 0.717) is 0 Å². The van der Waals surface area contributed by atoms with E-state index < -0.39 is 34.7 Å². The van der Waals surface area contributed by atoms with Gasteiger partial charge in [-0.05, 0) is 27.7 Å². The van der Waals surface area contributed by atoms with E-state index in [1.807, 2.05) is 0 Å². The van der Waals surface area contributed by atoms with E-state index in [9.17, 15) is 24.6 Å². The molecule has 0 bridgehead atoms. The van der Waals surface area contributed by atoms with Crippen molar-refractivity contribution < 1.29 is 24.1 Å². The van der Waals surface area contributed by atoms with Crippen molar-refractivity contribution in [1.82, 2.24) is 0 Å². The maximum Gasteiger partial charge on any atom is 0.494 e. The summed E-state index contributed by atoms with van der Waals surface area (Å²) in [5.74, 6) is -1.16. The largest absolute Gasteiger partial charge is 0.494 e. The fourth-order valence-electron chi connectivity index (χ4n) is 1.36. The van der Waals surface area contributed by atoms with Crippen molar-refractivity contribution in [2.45, 2.75) is 38.9 Å². The normalized spacial score (nSPS) is 12.3. The molecule has 0 aliphatic carbocycles. The summed E-state index contributed by atoms with van der Waals surface area (Å²) in [4.78, 5) is 9.76. The molecule has 8 heteroatoms. The van der Waals surface area contributed by atoms with Gasteiger partial charge in [-0.1, -0.05) is 12.1 Å². The molecule has 1 aromatic rings. The summed E-state index contributed by atoms with van der Waals surface area (Å²) in [6.45, 7) is 5.99. The molecule has 1 aromatic carbocycles. The summed E-state index contributed by atoms with van der Waals surface area (Å²) in [6.07, 6.45) is 0. The minimum Gasteiger partial charge on any atom is -0.423 e. The van der Waals surface area contributed by atoms with Crippen LogP contribution >= 0.6 is 0 Å². The van der Waals surface area contributed by atoms with Gasteiger partial charge in [-0.15, -0.1) is 0 Å². The molecule has 0 heterocycles. The minimum atomic E-state index is -1.73. The molecule has 0 saturated carbocycles. The molecule has 1 rings (SSSR count). The number of rotatable bonds is 5. The van der Waals surface area contributed by atoms with Gasteiger partial charge in [-0.25, -0.2) is 0 Å². The molecule has 0 aliphatic rings. The number of hydrogen-bond donors (Lipinski definition) is 2. The van der Waals surface area contributed by atoms with Gasteiger partial charge in [0.1, 0.15) is 0 Å². The maximum atomic E-state index is 13.9. The van der Waals surface area contributed by atoms with Crippen molar-refractivity contribution in [2.24, 2.45) is 0 Å². The molecule has 110 valence electrons. The van der Waals surface area contributed by atoms with Gasteiger partial charge in [-0.2, -0.15) is 4.39 Å². The van der Waals surface area contributed by atoms with Crippen molar-refractivity contribution in [3.05, 3.63) is 34.1 Å². The third-order valence-corrected chi connectivity index (χ3v) is 3.35. The summed E-state index contributed by atoms with van der Waals surface area (Å²) in [5.41, 5.74) is -3.59. The summed E-state index contributed by atoms with van der Waals surface area (Å²) in [7, 11) is -1.73. The number of hydrogen-bond acceptors (Lipinski definition) is 5. The van der Waals surface area contributed by atoms with Crippen molar-refractivity contribution in [3.63, 3.8) is 0 Å². The van der Waals surface area contributed by atoms with Crippen LogP contribution in [0.1, 0.15) is 27.7 Å². The molecule has 2 N–H and O–H groups in total. The molecule has 0 radical (unpaired) electrons. The number of aliphatic hydroxyl groups is 1. The Kier molecular flexibility index (Phi) is 4.53. The summed E-state index contributed by atoms with van der Waals surface area (Å²) in [6, 6.07) is 3.43. The van der Waals surface area contributed by atoms with E-state index in [0.717, 1.165) is 6.07 Å². The predicted octanol–water partition coefficient (Wildman–Crippen LogP) is 0.987. The molecule has 0 atom stereocenters. The lowest BCUT2D eigenvalue weighted by Gasteiger charge is -2.38. The molecule has 0 aromatic heterocycles. The van der Waals surface area contributed by atoms with E-state index in [4.69, 9.17) is 4.65 Å². The Balaban J connectivity index is 3.08. The van der Waals surface area contributed by atoms with Gasteiger partial charge in [0.2, 0.25) is 0 Å². The second-order valence-electron chi connectivity index (χ2n) is 5.48. The molecule has 20 heavy (non-hydrogen) atoms. The zero-order valence-electron chi connectivity index (χ0n) is 11.8. The zero-order valence-corrected chi connectivity index (χ0v) is 11.8. The van der Waals surface area contributed by atoms with E-state index in [2.05, 4.69) is 0 Å². The highest BCUT2D eigenvalue weighted by atomic mass is 19.1. The molecule has 6 nitrogen and oxygen atoms in total. The quantitative estimate of drug-likeness (QED) is 0.478. The maximum absolute atomic E-state index is 13.9. The van der Waals surface area contributed by atoms with Crippen molar-refractivity contribution in [2.75, 3.05) is 0 Å². The highest BCUT2D eigenvalue weighted by Gasteiger charge is 2.40. The second-order valence-corrected chi connectivity index (χ2v) is 5.48. The molecular formula is C12H17BFNO5. The van der Waals surface area contributed by atoms with E-state index >= 15 is 0 Å². The summed E-state index contributed by atoms with van der Waals surface area (Å²) >= 11 is 0. The Labute approximate surface area is 116 Å². The molecular weight excluding hydrogens is 268 g/mol. The molecule has 0 spiro atoms. The van der Waals surface area contributed by atoms with Crippen molar-refractivity contribution in [1.29, 1.82) is 0 Å². The van der Waals surface area contributed by atoms with Gasteiger partial charge < -0.3 is 14.8 Å². The SMILES string of the molecule is CC(C)(O)C(C)(C)OB(O)c1cccc([N+](=O)[O-])c1F. The van der Waals surface area contributed by atoms with Crippen LogP contribution in [0.5, 0.6) is 0 Å². The molecule has 0 aliphatic heterocycles. The van der Waals surface area contributed by atoms with Gasteiger partial charge >= 0.3 is 12.8 Å². The summed E-state index contributed by atoms with van der Waals surface area (Å²) in [5, 5.41) is 30.5. The number of nitrogens with zero attached hydrogens (tertiary/aromatic N) is 1. The first kappa shape index (κ1) is 16.5. The lowest BCUT2D eigenvalue weighted by Crippen LogP contribution is -2.53. The fourth-order valence-corrected chi connectivity index (χ4v) is 1.36. The van der Waals surface area contributed by atoms with Crippen LogP contribution in [-0.2, 0) is 4.65 Å². The third-order valence-electron chi connectivity index (χ3n) is 3.35. The molecule has 0 fully saturated rings. The van der Waals surface area contributed by atoms with Crippen molar-refractivity contribution >= 4 is 18.3 Å². The van der Waals surface area contributed by atoms with Crippen LogP contribution in [0.25, 0.3) is 0 Å². The Hall–Kier alpha value is -1.51. The van der Waals surface area contributed by atoms with E-state index in [-0.39, 0.29) is 5.46 Å². The van der Waals surface area contributed by atoms with Gasteiger partial charge in [0.05, 0.1) is 16.1 Å². The average molecular weight is 285 g/mol. The smallest absolute Gasteiger partial charge is 0.423 e. The average Bonchev–Trinajstić information content (AvgIpc) is 2.26. The van der Waals surface area contributed by atoms with Crippen molar-refractivity contribution in [3.8, 4) is 0 Å². The summed E-state index contributed by atoms with van der Waals surface area (Å²) < 4.78 is 19.1. The lowest BCUT2D eigenvalue weighted by molar-refractivity contribution is -0.387. The second kappa shape index (κ2) is 5.47. The highest BCUT2D eigenvalue weighted by Crippen LogP contribution is 2.25. The number of nitro benzene ring substituents is 1. The Morgan fingerprint density at radius 1 is 1.35 bits per heavy atom. The predicted molar refractivity (Wildman–Crippen MR) is 72.1 cm³/mol. The Morgan fingerprint density at radius 2 is 1.90 bits per heavy atom. The van der Waals surface area contributed by atoms with Gasteiger partial charge in [0.25, 0.3) is 0 Å². The van der Waals surface area contributed by atoms with Crippen LogP contribution in [0.15, 0.2) is 18.2 Å². The van der Waals surface area contributed by atoms with Crippen LogP contribution in [0.4, 0.5) is 10.1 Å². The zero-order chi connectivity index (χ0) is 15.7. The van der Waals surface area contributed by atoms with Gasteiger partial charge in [-0.3, -0.25) is 10.1 Å².